The molecule has 0 heterocycles. The highest BCUT2D eigenvalue weighted by Crippen LogP contribution is 2.37. The highest BCUT2D eigenvalue weighted by Gasteiger charge is 2.50. The van der Waals surface area contributed by atoms with Crippen molar-refractivity contribution in [2.45, 2.75) is 58.3 Å². The molecule has 4 nitrogen and oxygen atoms in total. The molecule has 36 heavy (non-hydrogen) atoms. The van der Waals surface area contributed by atoms with E-state index in [0.29, 0.717) is 6.54 Å². The lowest BCUT2D eigenvalue weighted by Crippen LogP contribution is -2.67. The second-order valence-electron chi connectivity index (χ2n) is 10.0. The number of unbranched alkanes of at least 4 members (excludes halogenated alkanes) is 1. The molecule has 0 aromatic heterocycles. The summed E-state index contributed by atoms with van der Waals surface area (Å²) in [4.78, 5) is 11.9. The molecular weight excluding hydrogens is 462 g/mol. The van der Waals surface area contributed by atoms with Gasteiger partial charge in [0, 0.05) is 6.54 Å². The topological polar surface area (TPSA) is 47.6 Å². The molecular formula is C31H39NO3Si. The fourth-order valence-corrected chi connectivity index (χ4v) is 9.13. The van der Waals surface area contributed by atoms with Crippen molar-refractivity contribution in [1.82, 2.24) is 5.32 Å². The maximum absolute atomic E-state index is 11.9. The summed E-state index contributed by atoms with van der Waals surface area (Å²) in [5.41, 5.74) is 0.977. The van der Waals surface area contributed by atoms with Gasteiger partial charge in [-0.2, -0.15) is 0 Å². The Morgan fingerprint density at radius 2 is 1.42 bits per heavy atom. The van der Waals surface area contributed by atoms with Gasteiger partial charge in [-0.05, 0) is 40.7 Å². The number of carbonyl (C=O) groups excluding carboxylic acids is 1. The van der Waals surface area contributed by atoms with E-state index in [4.69, 9.17) is 9.16 Å². The van der Waals surface area contributed by atoms with Crippen LogP contribution in [0.1, 0.15) is 46.1 Å². The van der Waals surface area contributed by atoms with Gasteiger partial charge in [0.2, 0.25) is 0 Å². The lowest BCUT2D eigenvalue weighted by Gasteiger charge is -2.44. The number of hydrogen-bond donors (Lipinski definition) is 1. The summed E-state index contributed by atoms with van der Waals surface area (Å²) in [6.07, 6.45) is 5.56. The fraction of sp³-hybridized carbons (Fsp3) is 0.323. The van der Waals surface area contributed by atoms with Gasteiger partial charge in [0.05, 0.1) is 6.10 Å². The van der Waals surface area contributed by atoms with Crippen LogP contribution < -0.4 is 15.7 Å². The molecule has 5 heteroatoms. The van der Waals surface area contributed by atoms with Gasteiger partial charge in [-0.25, -0.2) is 4.79 Å². The molecule has 190 valence electrons. The first kappa shape index (κ1) is 27.4. The molecule has 0 aliphatic rings. The van der Waals surface area contributed by atoms with Crippen LogP contribution in [0.3, 0.4) is 0 Å². The van der Waals surface area contributed by atoms with Crippen LogP contribution in [0.2, 0.25) is 5.04 Å². The maximum atomic E-state index is 11.9. The minimum Gasteiger partial charge on any atom is -0.445 e. The molecule has 0 radical (unpaired) electrons. The SMILES string of the molecule is C[C@@H](/C=C\CCCNC(=O)OCc1ccccc1)O[Si](c1ccccc1)(c1ccccc1)C(C)(C)C. The summed E-state index contributed by atoms with van der Waals surface area (Å²) in [6.45, 7) is 9.84. The molecule has 1 N–H and O–H groups in total. The number of ether oxygens (including phenoxy) is 1. The fourth-order valence-electron chi connectivity index (χ4n) is 4.48. The molecule has 0 aliphatic heterocycles. The van der Waals surface area contributed by atoms with Crippen LogP contribution in [0.4, 0.5) is 4.79 Å². The molecule has 0 saturated heterocycles. The van der Waals surface area contributed by atoms with Crippen molar-refractivity contribution in [1.29, 1.82) is 0 Å². The standard InChI is InChI=1S/C31H39NO3Si/c1-26(17-9-8-16-24-32-30(33)34-25-27-18-10-5-11-19-27)35-36(31(2,3)4,28-20-12-6-13-21-28)29-22-14-7-15-23-29/h5-7,9-15,17-23,26H,8,16,24-25H2,1-4H3,(H,32,33)/b17-9-/t26-/m0/s1. The van der Waals surface area contributed by atoms with Gasteiger partial charge in [-0.1, -0.05) is 124 Å². The number of carbonyl (C=O) groups is 1. The largest absolute Gasteiger partial charge is 0.445 e. The summed E-state index contributed by atoms with van der Waals surface area (Å²) in [5, 5.41) is 5.33. The Hall–Kier alpha value is -3.15. The molecule has 3 aromatic rings. The van der Waals surface area contributed by atoms with E-state index in [1.807, 2.05) is 30.3 Å². The summed E-state index contributed by atoms with van der Waals surface area (Å²) in [5.74, 6) is 0. The van der Waals surface area contributed by atoms with E-state index in [-0.39, 0.29) is 23.8 Å². The van der Waals surface area contributed by atoms with Crippen LogP contribution in [0, 0.1) is 0 Å². The van der Waals surface area contributed by atoms with E-state index in [0.717, 1.165) is 18.4 Å². The van der Waals surface area contributed by atoms with E-state index in [1.54, 1.807) is 0 Å². The van der Waals surface area contributed by atoms with Crippen LogP contribution in [0.25, 0.3) is 0 Å². The number of allylic oxidation sites excluding steroid dienone is 1. The minimum atomic E-state index is -2.56. The Morgan fingerprint density at radius 3 is 1.94 bits per heavy atom. The summed E-state index contributed by atoms with van der Waals surface area (Å²) >= 11 is 0. The van der Waals surface area contributed by atoms with Crippen molar-refractivity contribution >= 4 is 24.8 Å². The highest BCUT2D eigenvalue weighted by atomic mass is 28.4. The van der Waals surface area contributed by atoms with Crippen LogP contribution >= 0.6 is 0 Å². The predicted molar refractivity (Wildman–Crippen MR) is 151 cm³/mol. The van der Waals surface area contributed by atoms with Crippen molar-refractivity contribution in [3.63, 3.8) is 0 Å². The number of nitrogens with one attached hydrogen (secondary N) is 1. The molecule has 0 saturated carbocycles. The van der Waals surface area contributed by atoms with E-state index in [1.165, 1.54) is 10.4 Å². The van der Waals surface area contributed by atoms with Crippen molar-refractivity contribution in [2.24, 2.45) is 0 Å². The van der Waals surface area contributed by atoms with Gasteiger partial charge < -0.3 is 14.5 Å². The number of hydrogen-bond acceptors (Lipinski definition) is 3. The Morgan fingerprint density at radius 1 is 0.889 bits per heavy atom. The first-order valence-electron chi connectivity index (χ1n) is 12.7. The Balaban J connectivity index is 1.56. The molecule has 0 spiro atoms. The molecule has 3 rings (SSSR count). The van der Waals surface area contributed by atoms with Crippen LogP contribution in [-0.4, -0.2) is 27.1 Å². The molecule has 0 bridgehead atoms. The summed E-state index contributed by atoms with van der Waals surface area (Å²) in [6, 6.07) is 31.1. The smallest absolute Gasteiger partial charge is 0.407 e. The minimum absolute atomic E-state index is 0.0416. The monoisotopic (exact) mass is 501 g/mol. The Labute approximate surface area is 217 Å². The molecule has 3 aromatic carbocycles. The van der Waals surface area contributed by atoms with Crippen molar-refractivity contribution in [3.05, 3.63) is 109 Å². The van der Waals surface area contributed by atoms with Gasteiger partial charge in [-0.15, -0.1) is 0 Å². The zero-order valence-corrected chi connectivity index (χ0v) is 22.9. The molecule has 0 unspecified atom stereocenters. The third-order valence-corrected chi connectivity index (χ3v) is 11.3. The number of alkyl carbamates (subject to hydrolysis) is 1. The van der Waals surface area contributed by atoms with E-state index < -0.39 is 8.32 Å². The van der Waals surface area contributed by atoms with E-state index in [2.05, 4.69) is 106 Å². The lowest BCUT2D eigenvalue weighted by atomic mass is 10.2. The maximum Gasteiger partial charge on any atom is 0.407 e. The molecule has 1 atom stereocenters. The average Bonchev–Trinajstić information content (AvgIpc) is 2.89. The second kappa shape index (κ2) is 13.2. The molecule has 0 fully saturated rings. The van der Waals surface area contributed by atoms with Gasteiger partial charge in [0.25, 0.3) is 8.32 Å². The number of amides is 1. The first-order valence-corrected chi connectivity index (χ1v) is 14.6. The van der Waals surface area contributed by atoms with Crippen LogP contribution in [0.5, 0.6) is 0 Å². The Kier molecular flexibility index (Phi) is 10.1. The van der Waals surface area contributed by atoms with Crippen LogP contribution in [-0.2, 0) is 15.8 Å². The third-order valence-electron chi connectivity index (χ3n) is 6.22. The molecule has 1 amide bonds. The highest BCUT2D eigenvalue weighted by molar-refractivity contribution is 6.99. The van der Waals surface area contributed by atoms with E-state index >= 15 is 0 Å². The predicted octanol–water partition coefficient (Wildman–Crippen LogP) is 6.21. The van der Waals surface area contributed by atoms with E-state index in [9.17, 15) is 4.79 Å². The quantitative estimate of drug-likeness (QED) is 0.193. The normalized spacial score (nSPS) is 12.9. The van der Waals surface area contributed by atoms with Gasteiger partial charge in [0.1, 0.15) is 6.61 Å². The van der Waals surface area contributed by atoms with Gasteiger partial charge in [0.15, 0.2) is 0 Å². The van der Waals surface area contributed by atoms with Gasteiger partial charge >= 0.3 is 6.09 Å². The number of benzene rings is 3. The summed E-state index contributed by atoms with van der Waals surface area (Å²) in [7, 11) is -2.56. The zero-order valence-electron chi connectivity index (χ0n) is 21.9. The molecule has 0 aliphatic carbocycles. The third kappa shape index (κ3) is 7.42. The summed E-state index contributed by atoms with van der Waals surface area (Å²) < 4.78 is 12.3. The first-order chi connectivity index (χ1) is 17.3. The number of rotatable bonds is 11. The van der Waals surface area contributed by atoms with Gasteiger partial charge in [-0.3, -0.25) is 0 Å². The van der Waals surface area contributed by atoms with Crippen molar-refractivity contribution in [2.75, 3.05) is 6.54 Å². The average molecular weight is 502 g/mol. The van der Waals surface area contributed by atoms with Crippen molar-refractivity contribution in [3.8, 4) is 0 Å². The van der Waals surface area contributed by atoms with Crippen LogP contribution in [0.15, 0.2) is 103 Å². The second-order valence-corrected chi connectivity index (χ2v) is 14.3. The van der Waals surface area contributed by atoms with Crippen molar-refractivity contribution < 1.29 is 14.0 Å². The Bertz CT molecular complexity index is 1040. The zero-order chi connectivity index (χ0) is 25.9. The lowest BCUT2D eigenvalue weighted by molar-refractivity contribution is 0.139.